The maximum atomic E-state index is 11.9. The van der Waals surface area contributed by atoms with Crippen LogP contribution in [0.15, 0.2) is 59.2 Å². The molecule has 0 bridgehead atoms. The van der Waals surface area contributed by atoms with Crippen molar-refractivity contribution >= 4 is 33.7 Å². The molecule has 0 aromatic heterocycles. The van der Waals surface area contributed by atoms with Crippen molar-refractivity contribution in [2.24, 2.45) is 0 Å². The van der Waals surface area contributed by atoms with Gasteiger partial charge in [0, 0.05) is 16.4 Å². The Labute approximate surface area is 145 Å². The Hall–Kier alpha value is -2.07. The second kappa shape index (κ2) is 7.47. The van der Waals surface area contributed by atoms with E-state index >= 15 is 0 Å². The molecule has 0 aliphatic heterocycles. The lowest BCUT2D eigenvalue weighted by Crippen LogP contribution is -2.23. The van der Waals surface area contributed by atoms with Crippen molar-refractivity contribution in [1.82, 2.24) is 5.32 Å². The minimum Gasteiger partial charge on any atom is -0.314 e. The highest BCUT2D eigenvalue weighted by Gasteiger charge is 2.12. The summed E-state index contributed by atoms with van der Waals surface area (Å²) < 4.78 is 1.03. The van der Waals surface area contributed by atoms with Gasteiger partial charge in [0.1, 0.15) is 0 Å². The van der Waals surface area contributed by atoms with E-state index in [0.29, 0.717) is 0 Å². The lowest BCUT2D eigenvalue weighted by molar-refractivity contribution is 0.255. The standard InChI is InChI=1S/C19H21BrN2O/c1-19(2,3)15-6-10-17(11-7-15)22-18(23)21-13-12-14-4-8-16(20)9-5-14/h4-13H,1-3H3,(H2,21,22,23)/b13-12+. The number of rotatable bonds is 3. The van der Waals surface area contributed by atoms with E-state index in [-0.39, 0.29) is 11.4 Å². The maximum absolute atomic E-state index is 11.9. The quantitative estimate of drug-likeness (QED) is 0.729. The summed E-state index contributed by atoms with van der Waals surface area (Å²) in [5.74, 6) is 0. The van der Waals surface area contributed by atoms with E-state index in [4.69, 9.17) is 0 Å². The van der Waals surface area contributed by atoms with E-state index in [1.807, 2.05) is 54.6 Å². The summed E-state index contributed by atoms with van der Waals surface area (Å²) in [5, 5.41) is 5.50. The van der Waals surface area contributed by atoms with Gasteiger partial charge in [-0.1, -0.05) is 61.0 Å². The third kappa shape index (κ3) is 5.57. The van der Waals surface area contributed by atoms with Crippen molar-refractivity contribution in [3.05, 3.63) is 70.3 Å². The van der Waals surface area contributed by atoms with Crippen LogP contribution in [0.4, 0.5) is 10.5 Å². The number of benzene rings is 2. The largest absolute Gasteiger partial charge is 0.323 e. The van der Waals surface area contributed by atoms with Crippen molar-refractivity contribution in [2.75, 3.05) is 5.32 Å². The van der Waals surface area contributed by atoms with Crippen LogP contribution in [0.2, 0.25) is 0 Å². The van der Waals surface area contributed by atoms with Crippen molar-refractivity contribution in [3.63, 3.8) is 0 Å². The zero-order chi connectivity index (χ0) is 16.9. The van der Waals surface area contributed by atoms with Gasteiger partial charge in [0.2, 0.25) is 0 Å². The Morgan fingerprint density at radius 3 is 2.17 bits per heavy atom. The molecular weight excluding hydrogens is 352 g/mol. The number of urea groups is 1. The van der Waals surface area contributed by atoms with Gasteiger partial charge in [-0.15, -0.1) is 0 Å². The second-order valence-corrected chi connectivity index (χ2v) is 7.23. The molecule has 0 heterocycles. The minimum absolute atomic E-state index is 0.105. The van der Waals surface area contributed by atoms with Gasteiger partial charge in [-0.05, 0) is 46.9 Å². The van der Waals surface area contributed by atoms with Gasteiger partial charge in [0.25, 0.3) is 0 Å². The topological polar surface area (TPSA) is 41.1 Å². The van der Waals surface area contributed by atoms with Crippen LogP contribution in [0.3, 0.4) is 0 Å². The molecule has 2 rings (SSSR count). The fraction of sp³-hybridized carbons (Fsp3) is 0.211. The second-order valence-electron chi connectivity index (χ2n) is 6.31. The molecule has 2 aromatic rings. The van der Waals surface area contributed by atoms with Crippen LogP contribution in [0.1, 0.15) is 31.9 Å². The van der Waals surface area contributed by atoms with Gasteiger partial charge in [-0.3, -0.25) is 0 Å². The fourth-order valence-electron chi connectivity index (χ4n) is 2.01. The molecule has 3 nitrogen and oxygen atoms in total. The number of nitrogens with one attached hydrogen (secondary N) is 2. The maximum Gasteiger partial charge on any atom is 0.323 e. The van der Waals surface area contributed by atoms with Crippen molar-refractivity contribution in [2.45, 2.75) is 26.2 Å². The van der Waals surface area contributed by atoms with Crippen molar-refractivity contribution in [1.29, 1.82) is 0 Å². The lowest BCUT2D eigenvalue weighted by Gasteiger charge is -2.19. The van der Waals surface area contributed by atoms with Gasteiger partial charge in [0.05, 0.1) is 0 Å². The number of amides is 2. The summed E-state index contributed by atoms with van der Waals surface area (Å²) >= 11 is 3.39. The van der Waals surface area contributed by atoms with Crippen LogP contribution >= 0.6 is 15.9 Å². The van der Waals surface area contributed by atoms with Gasteiger partial charge in [0.15, 0.2) is 0 Å². The third-order valence-electron chi connectivity index (χ3n) is 3.37. The van der Waals surface area contributed by atoms with Crippen LogP contribution in [0, 0.1) is 0 Å². The average molecular weight is 373 g/mol. The zero-order valence-electron chi connectivity index (χ0n) is 13.6. The molecule has 23 heavy (non-hydrogen) atoms. The molecule has 0 saturated carbocycles. The summed E-state index contributed by atoms with van der Waals surface area (Å²) in [4.78, 5) is 11.9. The summed E-state index contributed by atoms with van der Waals surface area (Å²) in [6, 6.07) is 15.5. The smallest absolute Gasteiger partial charge is 0.314 e. The fourth-order valence-corrected chi connectivity index (χ4v) is 2.27. The number of hydrogen-bond donors (Lipinski definition) is 2. The predicted octanol–water partition coefficient (Wildman–Crippen LogP) is 5.54. The molecule has 2 aromatic carbocycles. The molecule has 0 unspecified atom stereocenters. The van der Waals surface area contributed by atoms with E-state index in [2.05, 4.69) is 47.3 Å². The van der Waals surface area contributed by atoms with Gasteiger partial charge in [-0.25, -0.2) is 4.79 Å². The van der Waals surface area contributed by atoms with Crippen LogP contribution in [-0.2, 0) is 5.41 Å². The monoisotopic (exact) mass is 372 g/mol. The van der Waals surface area contributed by atoms with Crippen molar-refractivity contribution < 1.29 is 4.79 Å². The molecule has 0 aliphatic rings. The Bertz CT molecular complexity index is 683. The van der Waals surface area contributed by atoms with E-state index in [9.17, 15) is 4.79 Å². The summed E-state index contributed by atoms with van der Waals surface area (Å²) in [7, 11) is 0. The number of halogens is 1. The van der Waals surface area contributed by atoms with E-state index in [1.165, 1.54) is 5.56 Å². The molecule has 120 valence electrons. The minimum atomic E-state index is -0.262. The number of anilines is 1. The van der Waals surface area contributed by atoms with Crippen LogP contribution in [0.5, 0.6) is 0 Å². The lowest BCUT2D eigenvalue weighted by atomic mass is 9.87. The van der Waals surface area contributed by atoms with Crippen molar-refractivity contribution in [3.8, 4) is 0 Å². The summed E-state index contributed by atoms with van der Waals surface area (Å²) in [6.07, 6.45) is 3.47. The molecule has 0 atom stereocenters. The first-order chi connectivity index (χ1) is 10.8. The third-order valence-corrected chi connectivity index (χ3v) is 3.90. The molecule has 0 spiro atoms. The Kier molecular flexibility index (Phi) is 5.61. The number of carbonyl (C=O) groups excluding carboxylic acids is 1. The van der Waals surface area contributed by atoms with E-state index < -0.39 is 0 Å². The first kappa shape index (κ1) is 17.3. The first-order valence-corrected chi connectivity index (χ1v) is 8.24. The zero-order valence-corrected chi connectivity index (χ0v) is 15.1. The highest BCUT2D eigenvalue weighted by molar-refractivity contribution is 9.10. The summed E-state index contributed by atoms with van der Waals surface area (Å²) in [5.41, 5.74) is 3.13. The molecule has 0 saturated heterocycles. The summed E-state index contributed by atoms with van der Waals surface area (Å²) in [6.45, 7) is 6.49. The molecule has 0 fully saturated rings. The Balaban J connectivity index is 1.88. The first-order valence-electron chi connectivity index (χ1n) is 7.45. The molecule has 4 heteroatoms. The number of hydrogen-bond acceptors (Lipinski definition) is 1. The Morgan fingerprint density at radius 1 is 1.00 bits per heavy atom. The van der Waals surface area contributed by atoms with Gasteiger partial charge in [-0.2, -0.15) is 0 Å². The van der Waals surface area contributed by atoms with E-state index in [1.54, 1.807) is 6.20 Å². The molecular formula is C19H21BrN2O. The predicted molar refractivity (Wildman–Crippen MR) is 100 cm³/mol. The Morgan fingerprint density at radius 2 is 1.61 bits per heavy atom. The van der Waals surface area contributed by atoms with Crippen LogP contribution in [0.25, 0.3) is 6.08 Å². The highest BCUT2D eigenvalue weighted by atomic mass is 79.9. The molecule has 0 radical (unpaired) electrons. The van der Waals surface area contributed by atoms with Gasteiger partial charge >= 0.3 is 6.03 Å². The molecule has 0 aliphatic carbocycles. The SMILES string of the molecule is CC(C)(C)c1ccc(NC(=O)N/C=C/c2ccc(Br)cc2)cc1. The molecule has 2 amide bonds. The average Bonchev–Trinajstić information content (AvgIpc) is 2.49. The molecule has 2 N–H and O–H groups in total. The van der Waals surface area contributed by atoms with Crippen LogP contribution in [-0.4, -0.2) is 6.03 Å². The van der Waals surface area contributed by atoms with Gasteiger partial charge < -0.3 is 10.6 Å². The van der Waals surface area contributed by atoms with E-state index in [0.717, 1.165) is 15.7 Å². The van der Waals surface area contributed by atoms with Crippen LogP contribution < -0.4 is 10.6 Å². The highest BCUT2D eigenvalue weighted by Crippen LogP contribution is 2.23. The number of carbonyl (C=O) groups is 1. The normalized spacial score (nSPS) is 11.5.